The lowest BCUT2D eigenvalue weighted by Gasteiger charge is -2.25. The lowest BCUT2D eigenvalue weighted by molar-refractivity contribution is -0.119. The van der Waals surface area contributed by atoms with Crippen LogP contribution in [0.25, 0.3) is 0 Å². The zero-order valence-electron chi connectivity index (χ0n) is 18.4. The molecule has 1 N–H and O–H groups in total. The van der Waals surface area contributed by atoms with Crippen LogP contribution in [-0.2, 0) is 14.8 Å². The van der Waals surface area contributed by atoms with Crippen LogP contribution in [0.3, 0.4) is 0 Å². The molecule has 2 aromatic carbocycles. The van der Waals surface area contributed by atoms with Crippen LogP contribution < -0.4 is 19.2 Å². The molecule has 3 rings (SSSR count). The summed E-state index contributed by atoms with van der Waals surface area (Å²) in [6.45, 7) is 1.33. The van der Waals surface area contributed by atoms with E-state index in [9.17, 15) is 13.2 Å². The topological polar surface area (TPSA) is 110 Å². The smallest absolute Gasteiger partial charge is 0.264 e. The second-order valence-corrected chi connectivity index (χ2v) is 8.77. The summed E-state index contributed by atoms with van der Waals surface area (Å²) in [7, 11) is -1.21. The number of aromatic nitrogens is 1. The zero-order chi connectivity index (χ0) is 23.8. The molecular formula is C23H24N4O5S. The molecule has 0 radical (unpaired) electrons. The Kier molecular flexibility index (Phi) is 7.62. The molecule has 9 nitrogen and oxygen atoms in total. The van der Waals surface area contributed by atoms with Crippen molar-refractivity contribution in [3.8, 4) is 11.5 Å². The lowest BCUT2D eigenvalue weighted by atomic mass is 10.2. The first kappa shape index (κ1) is 23.7. The number of carbonyl (C=O) groups is 1. The van der Waals surface area contributed by atoms with E-state index >= 15 is 0 Å². The van der Waals surface area contributed by atoms with E-state index in [1.54, 1.807) is 48.7 Å². The van der Waals surface area contributed by atoms with Crippen molar-refractivity contribution in [3.05, 3.63) is 78.1 Å². The quantitative estimate of drug-likeness (QED) is 0.382. The van der Waals surface area contributed by atoms with Gasteiger partial charge in [-0.05, 0) is 43.3 Å². The second-order valence-electron chi connectivity index (χ2n) is 6.91. The molecule has 3 aromatic rings. The number of rotatable bonds is 9. The van der Waals surface area contributed by atoms with Gasteiger partial charge in [-0.15, -0.1) is 0 Å². The molecule has 0 spiro atoms. The summed E-state index contributed by atoms with van der Waals surface area (Å²) in [4.78, 5) is 16.8. The van der Waals surface area contributed by atoms with Crippen molar-refractivity contribution in [1.29, 1.82) is 0 Å². The number of benzene rings is 2. The molecule has 0 aliphatic rings. The highest BCUT2D eigenvalue weighted by Crippen LogP contribution is 2.35. The van der Waals surface area contributed by atoms with Crippen LogP contribution in [-0.4, -0.2) is 46.3 Å². The number of carbonyl (C=O) groups excluding carboxylic acids is 1. The van der Waals surface area contributed by atoms with Crippen LogP contribution in [0, 0.1) is 6.92 Å². The van der Waals surface area contributed by atoms with E-state index in [-0.39, 0.29) is 16.3 Å². The predicted octanol–water partition coefficient (Wildman–Crippen LogP) is 2.75. The molecule has 0 unspecified atom stereocenters. The number of hydrogen-bond acceptors (Lipinski definition) is 7. The third-order valence-corrected chi connectivity index (χ3v) is 6.40. The van der Waals surface area contributed by atoms with E-state index in [1.807, 2.05) is 6.92 Å². The van der Waals surface area contributed by atoms with Crippen molar-refractivity contribution in [2.45, 2.75) is 11.8 Å². The molecule has 0 atom stereocenters. The average molecular weight is 469 g/mol. The molecule has 1 amide bonds. The number of pyridine rings is 1. The molecule has 0 aliphatic carbocycles. The van der Waals surface area contributed by atoms with Crippen molar-refractivity contribution in [3.63, 3.8) is 0 Å². The van der Waals surface area contributed by atoms with Gasteiger partial charge in [-0.3, -0.25) is 14.1 Å². The number of aryl methyl sites for hydroxylation is 1. The number of nitrogens with zero attached hydrogens (tertiary/aromatic N) is 3. The Bertz CT molecular complexity index is 1230. The molecule has 1 aromatic heterocycles. The fourth-order valence-electron chi connectivity index (χ4n) is 2.92. The van der Waals surface area contributed by atoms with Gasteiger partial charge in [-0.25, -0.2) is 13.8 Å². The lowest BCUT2D eigenvalue weighted by Crippen LogP contribution is -2.39. The third-order valence-electron chi connectivity index (χ3n) is 4.63. The van der Waals surface area contributed by atoms with Crippen LogP contribution >= 0.6 is 0 Å². The number of amides is 1. The van der Waals surface area contributed by atoms with Crippen molar-refractivity contribution in [2.24, 2.45) is 5.10 Å². The monoisotopic (exact) mass is 468 g/mol. The summed E-state index contributed by atoms with van der Waals surface area (Å²) in [6.07, 6.45) is 2.96. The number of ether oxygens (including phenoxy) is 2. The Labute approximate surface area is 192 Å². The van der Waals surface area contributed by atoms with Gasteiger partial charge in [-0.1, -0.05) is 23.8 Å². The SMILES string of the molecule is COc1ccc(N(CC(=O)N/N=C\c2ccccn2)S(=O)(=O)c2ccc(C)cc2)c(OC)c1. The highest BCUT2D eigenvalue weighted by molar-refractivity contribution is 7.92. The van der Waals surface area contributed by atoms with Crippen LogP contribution in [0.15, 0.2) is 76.9 Å². The van der Waals surface area contributed by atoms with Gasteiger partial charge >= 0.3 is 0 Å². The van der Waals surface area contributed by atoms with Crippen LogP contribution in [0.5, 0.6) is 11.5 Å². The maximum Gasteiger partial charge on any atom is 0.264 e. The molecule has 172 valence electrons. The molecule has 0 saturated carbocycles. The molecule has 1 heterocycles. The van der Waals surface area contributed by atoms with E-state index in [4.69, 9.17) is 9.47 Å². The third kappa shape index (κ3) is 5.86. The van der Waals surface area contributed by atoms with Crippen LogP contribution in [0.2, 0.25) is 0 Å². The molecule has 33 heavy (non-hydrogen) atoms. The number of anilines is 1. The van der Waals surface area contributed by atoms with Gasteiger partial charge in [0.25, 0.3) is 15.9 Å². The van der Waals surface area contributed by atoms with Gasteiger partial charge in [-0.2, -0.15) is 5.10 Å². The first-order chi connectivity index (χ1) is 15.8. The molecule has 0 aliphatic heterocycles. The van der Waals surface area contributed by atoms with Gasteiger partial charge in [0.05, 0.1) is 36.7 Å². The number of methoxy groups -OCH3 is 2. The number of hydrazone groups is 1. The molecule has 0 bridgehead atoms. The summed E-state index contributed by atoms with van der Waals surface area (Å²) in [5.41, 5.74) is 3.97. The summed E-state index contributed by atoms with van der Waals surface area (Å²) < 4.78 is 38.6. The molecule has 10 heteroatoms. The highest BCUT2D eigenvalue weighted by Gasteiger charge is 2.29. The maximum absolute atomic E-state index is 13.5. The summed E-state index contributed by atoms with van der Waals surface area (Å²) in [6, 6.07) is 16.3. The molecular weight excluding hydrogens is 444 g/mol. The molecule has 0 fully saturated rings. The van der Waals surface area contributed by atoms with Crippen molar-refractivity contribution in [1.82, 2.24) is 10.4 Å². The maximum atomic E-state index is 13.5. The first-order valence-corrected chi connectivity index (χ1v) is 11.3. The number of hydrogen-bond donors (Lipinski definition) is 1. The summed E-state index contributed by atoms with van der Waals surface area (Å²) >= 11 is 0. The van der Waals surface area contributed by atoms with Crippen molar-refractivity contribution in [2.75, 3.05) is 25.1 Å². The second kappa shape index (κ2) is 10.6. The van der Waals surface area contributed by atoms with E-state index in [1.165, 1.54) is 38.6 Å². The molecule has 0 saturated heterocycles. The summed E-state index contributed by atoms with van der Waals surface area (Å²) in [5.74, 6) is 0.0678. The fourth-order valence-corrected chi connectivity index (χ4v) is 4.35. The standard InChI is InChI=1S/C23H24N4O5S/c1-17-7-10-20(11-8-17)33(29,30)27(21-12-9-19(31-2)14-22(21)32-3)16-23(28)26-25-15-18-6-4-5-13-24-18/h4-15H,16H2,1-3H3,(H,26,28)/b25-15-. The minimum atomic E-state index is -4.11. The Morgan fingerprint density at radius 1 is 1.09 bits per heavy atom. The zero-order valence-corrected chi connectivity index (χ0v) is 19.2. The highest BCUT2D eigenvalue weighted by atomic mass is 32.2. The van der Waals surface area contributed by atoms with E-state index in [0.717, 1.165) is 9.87 Å². The predicted molar refractivity (Wildman–Crippen MR) is 125 cm³/mol. The summed E-state index contributed by atoms with van der Waals surface area (Å²) in [5, 5.41) is 3.86. The minimum absolute atomic E-state index is 0.0377. The Hall–Kier alpha value is -3.92. The first-order valence-electron chi connectivity index (χ1n) is 9.89. The van der Waals surface area contributed by atoms with Crippen molar-refractivity contribution < 1.29 is 22.7 Å². The normalized spacial score (nSPS) is 11.2. The fraction of sp³-hybridized carbons (Fsp3) is 0.174. The number of nitrogens with one attached hydrogen (secondary N) is 1. The van der Waals surface area contributed by atoms with Crippen LogP contribution in [0.1, 0.15) is 11.3 Å². The Morgan fingerprint density at radius 3 is 2.48 bits per heavy atom. The van der Waals surface area contributed by atoms with Gasteiger partial charge < -0.3 is 9.47 Å². The van der Waals surface area contributed by atoms with E-state index in [0.29, 0.717) is 11.4 Å². The van der Waals surface area contributed by atoms with Crippen molar-refractivity contribution >= 4 is 27.8 Å². The Balaban J connectivity index is 1.94. The average Bonchev–Trinajstić information content (AvgIpc) is 2.83. The van der Waals surface area contributed by atoms with E-state index in [2.05, 4.69) is 15.5 Å². The van der Waals surface area contributed by atoms with Gasteiger partial charge in [0.15, 0.2) is 0 Å². The largest absolute Gasteiger partial charge is 0.497 e. The van der Waals surface area contributed by atoms with Gasteiger partial charge in [0, 0.05) is 12.3 Å². The van der Waals surface area contributed by atoms with E-state index < -0.39 is 22.5 Å². The van der Waals surface area contributed by atoms with Crippen LogP contribution in [0.4, 0.5) is 5.69 Å². The van der Waals surface area contributed by atoms with Gasteiger partial charge in [0.1, 0.15) is 18.0 Å². The minimum Gasteiger partial charge on any atom is -0.497 e. The Morgan fingerprint density at radius 2 is 1.85 bits per heavy atom. The number of sulfonamides is 1. The van der Waals surface area contributed by atoms with Gasteiger partial charge in [0.2, 0.25) is 0 Å².